The van der Waals surface area contributed by atoms with E-state index in [1.54, 1.807) is 6.92 Å². The Kier molecular flexibility index (Phi) is 4.91. The van der Waals surface area contributed by atoms with Crippen LogP contribution in [0.5, 0.6) is 0 Å². The summed E-state index contributed by atoms with van der Waals surface area (Å²) in [6.07, 6.45) is 1.53. The predicted molar refractivity (Wildman–Crippen MR) is 121 cm³/mol. The summed E-state index contributed by atoms with van der Waals surface area (Å²) in [6.45, 7) is 6.65. The normalized spacial score (nSPS) is 25.4. The Morgan fingerprint density at radius 3 is 2.61 bits per heavy atom. The monoisotopic (exact) mass is 418 g/mol. The topological polar surface area (TPSA) is 54.7 Å². The van der Waals surface area contributed by atoms with Crippen molar-refractivity contribution in [3.8, 4) is 0 Å². The molecule has 5 heteroatoms. The van der Waals surface area contributed by atoms with Crippen molar-refractivity contribution in [2.45, 2.75) is 50.8 Å². The first-order valence-corrected chi connectivity index (χ1v) is 11.3. The van der Waals surface area contributed by atoms with Gasteiger partial charge in [0.25, 0.3) is 0 Å². The van der Waals surface area contributed by atoms with Crippen LogP contribution in [0.1, 0.15) is 43.5 Å². The molecule has 2 atom stereocenters. The number of hydrogen-bond acceptors (Lipinski definition) is 4. The smallest absolute Gasteiger partial charge is 0.308 e. The number of benzene rings is 2. The number of fused-ring (bicyclic) bond motifs is 5. The van der Waals surface area contributed by atoms with Gasteiger partial charge >= 0.3 is 5.97 Å². The molecule has 0 aliphatic carbocycles. The Bertz CT molecular complexity index is 1120. The number of nitrogens with zero attached hydrogens (tertiary/aromatic N) is 2. The number of ether oxygens (including phenoxy) is 1. The van der Waals surface area contributed by atoms with E-state index >= 15 is 0 Å². The van der Waals surface area contributed by atoms with Crippen LogP contribution in [0.2, 0.25) is 0 Å². The van der Waals surface area contributed by atoms with Crippen LogP contribution in [-0.2, 0) is 28.0 Å². The van der Waals surface area contributed by atoms with E-state index < -0.39 is 11.1 Å². The van der Waals surface area contributed by atoms with Crippen molar-refractivity contribution in [2.75, 3.05) is 19.7 Å². The molecule has 3 aromatic rings. The highest BCUT2D eigenvalue weighted by Crippen LogP contribution is 2.53. The summed E-state index contributed by atoms with van der Waals surface area (Å²) in [5.74, 6) is -0.328. The van der Waals surface area contributed by atoms with E-state index in [4.69, 9.17) is 4.74 Å². The Hall–Kier alpha value is -2.63. The first-order chi connectivity index (χ1) is 15.0. The lowest BCUT2D eigenvalue weighted by atomic mass is 9.73. The van der Waals surface area contributed by atoms with Gasteiger partial charge < -0.3 is 14.4 Å². The molecule has 0 saturated carbocycles. The highest BCUT2D eigenvalue weighted by Gasteiger charge is 2.60. The average molecular weight is 419 g/mol. The molecule has 1 saturated heterocycles. The highest BCUT2D eigenvalue weighted by atomic mass is 16.5. The van der Waals surface area contributed by atoms with E-state index in [1.165, 1.54) is 22.0 Å². The molecule has 162 valence electrons. The molecule has 0 amide bonds. The van der Waals surface area contributed by atoms with Crippen LogP contribution >= 0.6 is 0 Å². The van der Waals surface area contributed by atoms with Crippen LogP contribution in [0.3, 0.4) is 0 Å². The SMILES string of the molecule is CCOC(=O)C[C@]1(O)CCN2CCc3c(n(Cc4ccccc4)c4ccccc34)[C@@]21C. The minimum Gasteiger partial charge on any atom is -0.466 e. The third-order valence-electron chi connectivity index (χ3n) is 7.43. The van der Waals surface area contributed by atoms with E-state index in [0.29, 0.717) is 13.0 Å². The molecule has 2 aromatic carbocycles. The van der Waals surface area contributed by atoms with Crippen LogP contribution in [0, 0.1) is 0 Å². The third kappa shape index (κ3) is 3.02. The van der Waals surface area contributed by atoms with Crippen molar-refractivity contribution in [3.63, 3.8) is 0 Å². The van der Waals surface area contributed by atoms with Gasteiger partial charge in [0.1, 0.15) is 5.60 Å². The molecule has 1 fully saturated rings. The molecule has 0 spiro atoms. The van der Waals surface area contributed by atoms with Gasteiger partial charge in [-0.2, -0.15) is 0 Å². The average Bonchev–Trinajstić information content (AvgIpc) is 3.22. The summed E-state index contributed by atoms with van der Waals surface area (Å²) in [5.41, 5.74) is 3.03. The van der Waals surface area contributed by atoms with Gasteiger partial charge in [-0.25, -0.2) is 0 Å². The standard InChI is InChI=1S/C26H30N2O3/c1-3-31-23(29)17-26(30)14-16-27-15-13-21-20-11-7-8-12-22(20)28(24(21)25(26,27)2)18-19-9-5-4-6-10-19/h4-12,30H,3,13-18H2,1-2H3/t25-,26-/m1/s1. The summed E-state index contributed by atoms with van der Waals surface area (Å²) in [4.78, 5) is 14.8. The Balaban J connectivity index is 1.70. The minimum absolute atomic E-state index is 0.0140. The molecule has 5 nitrogen and oxygen atoms in total. The Morgan fingerprint density at radius 2 is 1.84 bits per heavy atom. The number of aliphatic hydroxyl groups is 1. The minimum atomic E-state index is -1.17. The highest BCUT2D eigenvalue weighted by molar-refractivity contribution is 5.87. The fourth-order valence-electron chi connectivity index (χ4n) is 5.86. The van der Waals surface area contributed by atoms with Crippen LogP contribution in [0.4, 0.5) is 0 Å². The summed E-state index contributed by atoms with van der Waals surface area (Å²) in [6, 6.07) is 19.0. The summed E-state index contributed by atoms with van der Waals surface area (Å²) in [5, 5.41) is 13.2. The number of hydrogen-bond donors (Lipinski definition) is 1. The van der Waals surface area contributed by atoms with Crippen LogP contribution in [0.15, 0.2) is 54.6 Å². The molecular formula is C26H30N2O3. The molecule has 2 aliphatic heterocycles. The molecule has 1 N–H and O–H groups in total. The van der Waals surface area contributed by atoms with E-state index in [1.807, 2.05) is 6.07 Å². The van der Waals surface area contributed by atoms with Gasteiger partial charge in [0.2, 0.25) is 0 Å². The molecule has 0 radical (unpaired) electrons. The van der Waals surface area contributed by atoms with Crippen LogP contribution in [-0.4, -0.2) is 45.8 Å². The summed E-state index contributed by atoms with van der Waals surface area (Å²) in [7, 11) is 0. The lowest BCUT2D eigenvalue weighted by Gasteiger charge is -2.48. The largest absolute Gasteiger partial charge is 0.466 e. The second-order valence-electron chi connectivity index (χ2n) is 8.99. The molecular weight excluding hydrogens is 388 g/mol. The summed E-state index contributed by atoms with van der Waals surface area (Å²) < 4.78 is 7.61. The van der Waals surface area contributed by atoms with Crippen molar-refractivity contribution in [1.29, 1.82) is 0 Å². The quantitative estimate of drug-likeness (QED) is 0.640. The lowest BCUT2D eigenvalue weighted by molar-refractivity contribution is -0.154. The van der Waals surface area contributed by atoms with Gasteiger partial charge in [-0.1, -0.05) is 48.5 Å². The van der Waals surface area contributed by atoms with Crippen LogP contribution in [0.25, 0.3) is 10.9 Å². The van der Waals surface area contributed by atoms with E-state index in [-0.39, 0.29) is 12.4 Å². The molecule has 2 aliphatic rings. The zero-order chi connectivity index (χ0) is 21.6. The molecule has 3 heterocycles. The molecule has 31 heavy (non-hydrogen) atoms. The zero-order valence-electron chi connectivity index (χ0n) is 18.3. The molecule has 5 rings (SSSR count). The van der Waals surface area contributed by atoms with E-state index in [2.05, 4.69) is 64.9 Å². The Morgan fingerprint density at radius 1 is 1.10 bits per heavy atom. The third-order valence-corrected chi connectivity index (χ3v) is 7.43. The number of esters is 1. The van der Waals surface area contributed by atoms with Crippen molar-refractivity contribution < 1.29 is 14.6 Å². The summed E-state index contributed by atoms with van der Waals surface area (Å²) >= 11 is 0. The van der Waals surface area contributed by atoms with Crippen molar-refractivity contribution in [2.24, 2.45) is 0 Å². The van der Waals surface area contributed by atoms with Gasteiger partial charge in [0.15, 0.2) is 0 Å². The Labute approximate surface area is 183 Å². The second kappa shape index (κ2) is 7.50. The van der Waals surface area contributed by atoms with Crippen molar-refractivity contribution >= 4 is 16.9 Å². The van der Waals surface area contributed by atoms with Crippen molar-refractivity contribution in [3.05, 3.63) is 71.4 Å². The number of para-hydroxylation sites is 1. The second-order valence-corrected chi connectivity index (χ2v) is 8.99. The fourth-order valence-corrected chi connectivity index (χ4v) is 5.86. The maximum absolute atomic E-state index is 12.5. The number of rotatable bonds is 5. The molecule has 0 bridgehead atoms. The zero-order valence-corrected chi connectivity index (χ0v) is 18.3. The van der Waals surface area contributed by atoms with Gasteiger partial charge in [-0.15, -0.1) is 0 Å². The lowest BCUT2D eigenvalue weighted by Crippen LogP contribution is -2.57. The van der Waals surface area contributed by atoms with Crippen LogP contribution < -0.4 is 0 Å². The fraction of sp³-hybridized carbons (Fsp3) is 0.423. The first-order valence-electron chi connectivity index (χ1n) is 11.3. The van der Waals surface area contributed by atoms with E-state index in [9.17, 15) is 9.90 Å². The maximum Gasteiger partial charge on any atom is 0.308 e. The van der Waals surface area contributed by atoms with Gasteiger partial charge in [0.05, 0.1) is 18.6 Å². The molecule has 1 aromatic heterocycles. The number of carbonyl (C=O) groups is 1. The van der Waals surface area contributed by atoms with Gasteiger partial charge in [-0.3, -0.25) is 9.69 Å². The maximum atomic E-state index is 12.5. The molecule has 0 unspecified atom stereocenters. The van der Waals surface area contributed by atoms with Crippen molar-refractivity contribution in [1.82, 2.24) is 9.47 Å². The van der Waals surface area contributed by atoms with E-state index in [0.717, 1.165) is 31.7 Å². The predicted octanol–water partition coefficient (Wildman–Crippen LogP) is 3.85. The van der Waals surface area contributed by atoms with Gasteiger partial charge in [-0.05, 0) is 43.9 Å². The van der Waals surface area contributed by atoms with Gasteiger partial charge in [0, 0.05) is 36.2 Å². The number of carbonyl (C=O) groups excluding carboxylic acids is 1. The number of aromatic nitrogens is 1. The first kappa shape index (κ1) is 20.3.